The van der Waals surface area contributed by atoms with Gasteiger partial charge < -0.3 is 20.6 Å². The zero-order valence-corrected chi connectivity index (χ0v) is 17.4. The van der Waals surface area contributed by atoms with Crippen LogP contribution in [0.5, 0.6) is 0 Å². The Balaban J connectivity index is 1.64. The molecule has 11 nitrogen and oxygen atoms in total. The fourth-order valence-corrected chi connectivity index (χ4v) is 3.47. The molecule has 2 atom stereocenters. The summed E-state index contributed by atoms with van der Waals surface area (Å²) in [4.78, 5) is 23.6. The second kappa shape index (κ2) is 9.16. The number of anilines is 4. The highest BCUT2D eigenvalue weighted by molar-refractivity contribution is 5.53. The normalized spacial score (nSPS) is 17.4. The Morgan fingerprint density at radius 1 is 1.23 bits per heavy atom. The maximum absolute atomic E-state index is 13.1. The predicted molar refractivity (Wildman–Crippen MR) is 113 cm³/mol. The van der Waals surface area contributed by atoms with Crippen LogP contribution in [0, 0.1) is 12.7 Å². The molecule has 0 bridgehead atoms. The van der Waals surface area contributed by atoms with Gasteiger partial charge in [-0.15, -0.1) is 0 Å². The number of hydrogen-bond acceptors (Lipinski definition) is 10. The number of aromatic nitrogens is 7. The van der Waals surface area contributed by atoms with Crippen LogP contribution in [0.1, 0.15) is 43.7 Å². The summed E-state index contributed by atoms with van der Waals surface area (Å²) in [5, 5.41) is 23.1. The lowest BCUT2D eigenvalue weighted by atomic mass is 10.0. The number of piperidine rings is 1. The second-order valence-corrected chi connectivity index (χ2v) is 7.49. The first-order valence-corrected chi connectivity index (χ1v) is 10.2. The van der Waals surface area contributed by atoms with Gasteiger partial charge in [0.05, 0.1) is 31.1 Å². The van der Waals surface area contributed by atoms with Gasteiger partial charge in [-0.05, 0) is 33.1 Å². The number of aryl methyl sites for hydroxylation is 1. The molecule has 1 aliphatic rings. The highest BCUT2D eigenvalue weighted by Gasteiger charge is 2.25. The Bertz CT molecular complexity index is 1010. The van der Waals surface area contributed by atoms with E-state index in [9.17, 15) is 9.50 Å². The standard InChI is InChI=1S/C19H25FN10O/c1-11-7-15(29-28-11)24-18-25-17(23-12(2)16-21-8-13(20)9-22-16)26-19(27-18)30-6-4-3-5-14(30)10-31/h7-9,12,14,31H,3-6,10H2,1-2H3,(H3,23,24,25,26,27,28,29)/t12-,14+/m0/s1. The maximum atomic E-state index is 13.1. The summed E-state index contributed by atoms with van der Waals surface area (Å²) >= 11 is 0. The fourth-order valence-electron chi connectivity index (χ4n) is 3.47. The van der Waals surface area contributed by atoms with Gasteiger partial charge >= 0.3 is 0 Å². The minimum Gasteiger partial charge on any atom is -0.394 e. The summed E-state index contributed by atoms with van der Waals surface area (Å²) in [7, 11) is 0. The molecule has 0 amide bonds. The molecule has 12 heteroatoms. The molecule has 0 saturated carbocycles. The van der Waals surface area contributed by atoms with Crippen LogP contribution in [0.25, 0.3) is 0 Å². The third-order valence-corrected chi connectivity index (χ3v) is 5.04. The van der Waals surface area contributed by atoms with E-state index < -0.39 is 5.82 Å². The smallest absolute Gasteiger partial charge is 0.235 e. The number of aliphatic hydroxyl groups is 1. The molecule has 4 heterocycles. The predicted octanol–water partition coefficient (Wildman–Crippen LogP) is 2.10. The lowest BCUT2D eigenvalue weighted by Crippen LogP contribution is -2.43. The van der Waals surface area contributed by atoms with Gasteiger partial charge in [0.1, 0.15) is 5.82 Å². The van der Waals surface area contributed by atoms with Crippen LogP contribution >= 0.6 is 0 Å². The number of nitrogens with one attached hydrogen (secondary N) is 3. The van der Waals surface area contributed by atoms with Gasteiger partial charge in [0.25, 0.3) is 0 Å². The highest BCUT2D eigenvalue weighted by atomic mass is 19.1. The van der Waals surface area contributed by atoms with E-state index in [-0.39, 0.29) is 18.7 Å². The highest BCUT2D eigenvalue weighted by Crippen LogP contribution is 2.25. The number of aromatic amines is 1. The van der Waals surface area contributed by atoms with Crippen molar-refractivity contribution in [2.75, 3.05) is 28.7 Å². The molecular formula is C19H25FN10O. The topological polar surface area (TPSA) is 141 Å². The number of hydrogen-bond donors (Lipinski definition) is 4. The van der Waals surface area contributed by atoms with Crippen molar-refractivity contribution in [2.24, 2.45) is 0 Å². The molecule has 164 valence electrons. The minimum atomic E-state index is -0.501. The number of rotatable bonds is 7. The lowest BCUT2D eigenvalue weighted by molar-refractivity contribution is 0.239. The van der Waals surface area contributed by atoms with Gasteiger partial charge in [-0.3, -0.25) is 5.10 Å². The van der Waals surface area contributed by atoms with Crippen molar-refractivity contribution < 1.29 is 9.50 Å². The Labute approximate surface area is 178 Å². The molecule has 1 fully saturated rings. The molecule has 4 N–H and O–H groups in total. The van der Waals surface area contributed by atoms with Crippen molar-refractivity contribution in [3.63, 3.8) is 0 Å². The Hall–Kier alpha value is -3.41. The number of aliphatic hydroxyl groups excluding tert-OH is 1. The maximum Gasteiger partial charge on any atom is 0.235 e. The molecule has 3 aromatic heterocycles. The van der Waals surface area contributed by atoms with Crippen LogP contribution in [-0.2, 0) is 0 Å². The van der Waals surface area contributed by atoms with Crippen molar-refractivity contribution in [3.8, 4) is 0 Å². The third-order valence-electron chi connectivity index (χ3n) is 5.04. The van der Waals surface area contributed by atoms with E-state index in [1.165, 1.54) is 0 Å². The monoisotopic (exact) mass is 428 g/mol. The molecule has 0 aromatic carbocycles. The van der Waals surface area contributed by atoms with Crippen LogP contribution in [0.3, 0.4) is 0 Å². The molecule has 31 heavy (non-hydrogen) atoms. The van der Waals surface area contributed by atoms with Crippen molar-refractivity contribution >= 4 is 23.7 Å². The molecule has 1 aliphatic heterocycles. The van der Waals surface area contributed by atoms with E-state index in [1.54, 1.807) is 0 Å². The van der Waals surface area contributed by atoms with Crippen molar-refractivity contribution in [1.29, 1.82) is 0 Å². The van der Waals surface area contributed by atoms with Crippen molar-refractivity contribution in [1.82, 2.24) is 35.1 Å². The molecule has 0 aliphatic carbocycles. The van der Waals surface area contributed by atoms with E-state index >= 15 is 0 Å². The molecule has 4 rings (SSSR count). The number of nitrogens with zero attached hydrogens (tertiary/aromatic N) is 7. The Morgan fingerprint density at radius 3 is 2.71 bits per heavy atom. The van der Waals surface area contributed by atoms with E-state index in [1.807, 2.05) is 24.8 Å². The molecule has 0 spiro atoms. The van der Waals surface area contributed by atoms with Gasteiger partial charge in [0.15, 0.2) is 11.6 Å². The summed E-state index contributed by atoms with van der Waals surface area (Å²) in [6.07, 6.45) is 5.14. The molecule has 0 radical (unpaired) electrons. The second-order valence-electron chi connectivity index (χ2n) is 7.49. The first-order chi connectivity index (χ1) is 15.0. The third kappa shape index (κ3) is 5.02. The summed E-state index contributed by atoms with van der Waals surface area (Å²) in [6.45, 7) is 4.49. The van der Waals surface area contributed by atoms with Crippen LogP contribution in [0.4, 0.5) is 28.1 Å². The number of H-pyrrole nitrogens is 1. The van der Waals surface area contributed by atoms with Crippen molar-refractivity contribution in [3.05, 3.63) is 35.8 Å². The van der Waals surface area contributed by atoms with E-state index in [2.05, 4.69) is 45.8 Å². The average Bonchev–Trinajstić information content (AvgIpc) is 3.18. The minimum absolute atomic E-state index is 0.0234. The molecular weight excluding hydrogens is 403 g/mol. The van der Waals surface area contributed by atoms with Crippen LogP contribution in [-0.4, -0.2) is 59.4 Å². The summed E-state index contributed by atoms with van der Waals surface area (Å²) in [5.41, 5.74) is 0.897. The summed E-state index contributed by atoms with van der Waals surface area (Å²) < 4.78 is 13.1. The average molecular weight is 428 g/mol. The van der Waals surface area contributed by atoms with Crippen LogP contribution in [0.2, 0.25) is 0 Å². The first-order valence-electron chi connectivity index (χ1n) is 10.2. The SMILES string of the molecule is Cc1cc(Nc2nc(N[C@@H](C)c3ncc(F)cn3)nc(N3CCCC[C@@H]3CO)n2)n[nH]1. The Kier molecular flexibility index (Phi) is 6.16. The van der Waals surface area contributed by atoms with Gasteiger partial charge in [-0.25, -0.2) is 14.4 Å². The van der Waals surface area contributed by atoms with E-state index in [4.69, 9.17) is 0 Å². The summed E-state index contributed by atoms with van der Waals surface area (Å²) in [5.74, 6) is 1.56. The van der Waals surface area contributed by atoms with Crippen LogP contribution in [0.15, 0.2) is 18.5 Å². The van der Waals surface area contributed by atoms with Gasteiger partial charge in [-0.2, -0.15) is 20.1 Å². The van der Waals surface area contributed by atoms with Gasteiger partial charge in [-0.1, -0.05) is 0 Å². The van der Waals surface area contributed by atoms with Crippen molar-refractivity contribution in [2.45, 2.75) is 45.2 Å². The summed E-state index contributed by atoms with van der Waals surface area (Å²) in [6, 6.07) is 1.41. The first kappa shape index (κ1) is 20.8. The van der Waals surface area contributed by atoms with Gasteiger partial charge in [0.2, 0.25) is 17.8 Å². The van der Waals surface area contributed by atoms with E-state index in [0.717, 1.165) is 43.9 Å². The zero-order valence-electron chi connectivity index (χ0n) is 17.4. The molecule has 1 saturated heterocycles. The quantitative estimate of drug-likeness (QED) is 0.442. The van der Waals surface area contributed by atoms with E-state index in [0.29, 0.717) is 29.5 Å². The number of halogens is 1. The Morgan fingerprint density at radius 2 is 2.00 bits per heavy atom. The molecule has 0 unspecified atom stereocenters. The fraction of sp³-hybridized carbons (Fsp3) is 0.474. The zero-order chi connectivity index (χ0) is 21.8. The molecule has 3 aromatic rings. The van der Waals surface area contributed by atoms with Gasteiger partial charge in [0, 0.05) is 18.3 Å². The largest absolute Gasteiger partial charge is 0.394 e. The van der Waals surface area contributed by atoms with Crippen LogP contribution < -0.4 is 15.5 Å². The lowest BCUT2D eigenvalue weighted by Gasteiger charge is -2.34.